The summed E-state index contributed by atoms with van der Waals surface area (Å²) in [4.78, 5) is 6.88. The highest BCUT2D eigenvalue weighted by Crippen LogP contribution is 2.28. The SMILES string of the molecule is CCC1(CC)CNC(C(C)C)CN1CCCn1ccnc1. The van der Waals surface area contributed by atoms with Crippen LogP contribution in [0.4, 0.5) is 0 Å². The third kappa shape index (κ3) is 3.86. The highest BCUT2D eigenvalue weighted by atomic mass is 15.3. The van der Waals surface area contributed by atoms with Crippen molar-refractivity contribution in [3.8, 4) is 0 Å². The van der Waals surface area contributed by atoms with Gasteiger partial charge in [-0.1, -0.05) is 27.7 Å². The molecule has 0 aliphatic carbocycles. The predicted molar refractivity (Wildman–Crippen MR) is 88.4 cm³/mol. The normalized spacial score (nSPS) is 22.8. The molecule has 0 aromatic carbocycles. The quantitative estimate of drug-likeness (QED) is 0.839. The molecule has 0 saturated carbocycles. The number of piperazine rings is 1. The molecule has 1 aromatic rings. The van der Waals surface area contributed by atoms with E-state index >= 15 is 0 Å². The van der Waals surface area contributed by atoms with Crippen LogP contribution in [0.25, 0.3) is 0 Å². The van der Waals surface area contributed by atoms with E-state index in [9.17, 15) is 0 Å². The van der Waals surface area contributed by atoms with Gasteiger partial charge in [-0.15, -0.1) is 0 Å². The first-order valence-corrected chi connectivity index (χ1v) is 8.55. The lowest BCUT2D eigenvalue weighted by molar-refractivity contribution is 0.0207. The zero-order valence-electron chi connectivity index (χ0n) is 14.2. The van der Waals surface area contributed by atoms with E-state index in [1.165, 1.54) is 32.4 Å². The van der Waals surface area contributed by atoms with E-state index in [0.29, 0.717) is 17.5 Å². The molecule has 1 unspecified atom stereocenters. The Bertz CT molecular complexity index is 395. The Morgan fingerprint density at radius 3 is 2.62 bits per heavy atom. The zero-order valence-corrected chi connectivity index (χ0v) is 14.2. The topological polar surface area (TPSA) is 33.1 Å². The van der Waals surface area contributed by atoms with Crippen LogP contribution in [0.3, 0.4) is 0 Å². The molecule has 1 aliphatic rings. The van der Waals surface area contributed by atoms with Crippen molar-refractivity contribution < 1.29 is 0 Å². The molecular formula is C17H32N4. The molecule has 1 fully saturated rings. The van der Waals surface area contributed by atoms with Gasteiger partial charge in [-0.05, 0) is 25.2 Å². The highest BCUT2D eigenvalue weighted by molar-refractivity contribution is 4.98. The summed E-state index contributed by atoms with van der Waals surface area (Å²) in [6.07, 6.45) is 9.49. The first-order valence-electron chi connectivity index (χ1n) is 8.55. The summed E-state index contributed by atoms with van der Waals surface area (Å²) < 4.78 is 2.18. The number of nitrogens with one attached hydrogen (secondary N) is 1. The fourth-order valence-electron chi connectivity index (χ4n) is 3.51. The monoisotopic (exact) mass is 292 g/mol. The first-order chi connectivity index (χ1) is 10.1. The average Bonchev–Trinajstić information content (AvgIpc) is 3.00. The van der Waals surface area contributed by atoms with Gasteiger partial charge in [0.05, 0.1) is 6.33 Å². The van der Waals surface area contributed by atoms with Gasteiger partial charge in [-0.25, -0.2) is 4.98 Å². The maximum Gasteiger partial charge on any atom is 0.0945 e. The number of hydrogen-bond donors (Lipinski definition) is 1. The largest absolute Gasteiger partial charge is 0.337 e. The number of aromatic nitrogens is 2. The van der Waals surface area contributed by atoms with Gasteiger partial charge < -0.3 is 9.88 Å². The van der Waals surface area contributed by atoms with Crippen LogP contribution in [0, 0.1) is 5.92 Å². The fraction of sp³-hybridized carbons (Fsp3) is 0.824. The second-order valence-electron chi connectivity index (χ2n) is 6.76. The first kappa shape index (κ1) is 16.5. The van der Waals surface area contributed by atoms with Crippen LogP contribution in [0.1, 0.15) is 47.0 Å². The maximum atomic E-state index is 4.12. The molecular weight excluding hydrogens is 260 g/mol. The molecule has 0 bridgehead atoms. The van der Waals surface area contributed by atoms with Crippen molar-refractivity contribution >= 4 is 0 Å². The lowest BCUT2D eigenvalue weighted by Crippen LogP contribution is -2.65. The molecule has 1 N–H and O–H groups in total. The van der Waals surface area contributed by atoms with Crippen molar-refractivity contribution in [1.29, 1.82) is 0 Å². The lowest BCUT2D eigenvalue weighted by atomic mass is 9.85. The van der Waals surface area contributed by atoms with Gasteiger partial charge in [-0.3, -0.25) is 4.90 Å². The Hall–Kier alpha value is -0.870. The van der Waals surface area contributed by atoms with E-state index in [4.69, 9.17) is 0 Å². The third-order valence-corrected chi connectivity index (χ3v) is 5.31. The summed E-state index contributed by atoms with van der Waals surface area (Å²) in [6, 6.07) is 0.629. The molecule has 1 saturated heterocycles. The molecule has 0 spiro atoms. The summed E-state index contributed by atoms with van der Waals surface area (Å²) >= 11 is 0. The van der Waals surface area contributed by atoms with Gasteiger partial charge >= 0.3 is 0 Å². The Morgan fingerprint density at radius 1 is 1.29 bits per heavy atom. The van der Waals surface area contributed by atoms with Crippen molar-refractivity contribution in [1.82, 2.24) is 19.8 Å². The molecule has 2 heterocycles. The van der Waals surface area contributed by atoms with Crippen LogP contribution in [0.2, 0.25) is 0 Å². The predicted octanol–water partition coefficient (Wildman–Crippen LogP) is 2.76. The lowest BCUT2D eigenvalue weighted by Gasteiger charge is -2.50. The Balaban J connectivity index is 1.95. The van der Waals surface area contributed by atoms with Gasteiger partial charge in [0, 0.05) is 50.2 Å². The second-order valence-corrected chi connectivity index (χ2v) is 6.76. The fourth-order valence-corrected chi connectivity index (χ4v) is 3.51. The molecule has 1 aromatic heterocycles. The number of aryl methyl sites for hydroxylation is 1. The molecule has 1 atom stereocenters. The van der Waals surface area contributed by atoms with Crippen molar-refractivity contribution in [3.05, 3.63) is 18.7 Å². The standard InChI is InChI=1S/C17H32N4/c1-5-17(6-2)13-19-16(15(3)4)12-21(17)10-7-9-20-11-8-18-14-20/h8,11,14-16,19H,5-7,9-10,12-13H2,1-4H3. The Labute approximate surface area is 129 Å². The summed E-state index contributed by atoms with van der Waals surface area (Å²) in [6.45, 7) is 13.9. The number of hydrogen-bond acceptors (Lipinski definition) is 3. The second kappa shape index (κ2) is 7.41. The Morgan fingerprint density at radius 2 is 2.05 bits per heavy atom. The third-order valence-electron chi connectivity index (χ3n) is 5.31. The maximum absolute atomic E-state index is 4.12. The van der Waals surface area contributed by atoms with Crippen LogP contribution in [0.15, 0.2) is 18.7 Å². The van der Waals surface area contributed by atoms with Gasteiger partial charge in [-0.2, -0.15) is 0 Å². The smallest absolute Gasteiger partial charge is 0.0945 e. The zero-order chi connectivity index (χ0) is 15.3. The minimum atomic E-state index is 0.348. The number of rotatable bonds is 7. The molecule has 4 nitrogen and oxygen atoms in total. The van der Waals surface area contributed by atoms with E-state index < -0.39 is 0 Å². The van der Waals surface area contributed by atoms with Crippen LogP contribution >= 0.6 is 0 Å². The van der Waals surface area contributed by atoms with Gasteiger partial charge in [0.2, 0.25) is 0 Å². The summed E-state index contributed by atoms with van der Waals surface area (Å²) in [5.41, 5.74) is 0.348. The van der Waals surface area contributed by atoms with Crippen molar-refractivity contribution in [2.75, 3.05) is 19.6 Å². The molecule has 1 aliphatic heterocycles. The van der Waals surface area contributed by atoms with Crippen LogP contribution in [-0.4, -0.2) is 45.7 Å². The van der Waals surface area contributed by atoms with E-state index in [2.05, 4.69) is 53.7 Å². The van der Waals surface area contributed by atoms with Crippen molar-refractivity contribution in [3.63, 3.8) is 0 Å². The van der Waals surface area contributed by atoms with Gasteiger partial charge in [0.25, 0.3) is 0 Å². The van der Waals surface area contributed by atoms with Crippen LogP contribution in [-0.2, 0) is 6.54 Å². The van der Waals surface area contributed by atoms with Gasteiger partial charge in [0.1, 0.15) is 0 Å². The van der Waals surface area contributed by atoms with E-state index in [0.717, 1.165) is 13.1 Å². The Kier molecular flexibility index (Phi) is 5.82. The molecule has 2 rings (SSSR count). The molecule has 4 heteroatoms. The molecule has 0 amide bonds. The highest BCUT2D eigenvalue weighted by Gasteiger charge is 2.38. The number of imidazole rings is 1. The molecule has 120 valence electrons. The van der Waals surface area contributed by atoms with E-state index in [1.54, 1.807) is 0 Å². The van der Waals surface area contributed by atoms with Crippen molar-refractivity contribution in [2.24, 2.45) is 5.92 Å². The minimum absolute atomic E-state index is 0.348. The van der Waals surface area contributed by atoms with Crippen molar-refractivity contribution in [2.45, 2.75) is 65.1 Å². The summed E-state index contributed by atoms with van der Waals surface area (Å²) in [5, 5.41) is 3.79. The van der Waals surface area contributed by atoms with Crippen LogP contribution in [0.5, 0.6) is 0 Å². The summed E-state index contributed by atoms with van der Waals surface area (Å²) in [7, 11) is 0. The average molecular weight is 292 g/mol. The number of nitrogens with zero attached hydrogens (tertiary/aromatic N) is 3. The van der Waals surface area contributed by atoms with E-state index in [1.807, 2.05) is 12.5 Å². The minimum Gasteiger partial charge on any atom is -0.337 e. The van der Waals surface area contributed by atoms with Gasteiger partial charge in [0.15, 0.2) is 0 Å². The summed E-state index contributed by atoms with van der Waals surface area (Å²) in [5.74, 6) is 0.702. The molecule has 0 radical (unpaired) electrons. The molecule has 21 heavy (non-hydrogen) atoms. The van der Waals surface area contributed by atoms with E-state index in [-0.39, 0.29) is 0 Å². The van der Waals surface area contributed by atoms with Crippen LogP contribution < -0.4 is 5.32 Å².